The topological polar surface area (TPSA) is 70.1 Å². The Morgan fingerprint density at radius 1 is 1.39 bits per heavy atom. The summed E-state index contributed by atoms with van der Waals surface area (Å²) in [4.78, 5) is 10.3. The molecule has 2 rings (SSSR count). The second-order valence-corrected chi connectivity index (χ2v) is 4.37. The lowest BCUT2D eigenvalue weighted by Crippen LogP contribution is -2.09. The van der Waals surface area contributed by atoms with Crippen LogP contribution >= 0.6 is 0 Å². The van der Waals surface area contributed by atoms with Gasteiger partial charge in [0.25, 0.3) is 0 Å². The van der Waals surface area contributed by atoms with Crippen molar-refractivity contribution in [2.45, 2.75) is 31.2 Å². The van der Waals surface area contributed by atoms with Crippen LogP contribution < -0.4 is 0 Å². The molecule has 3 unspecified atom stereocenters. The van der Waals surface area contributed by atoms with E-state index >= 15 is 0 Å². The van der Waals surface area contributed by atoms with Gasteiger partial charge >= 0.3 is 5.97 Å². The third-order valence-electron chi connectivity index (χ3n) is 2.88. The Hall–Kier alpha value is -1.65. The Kier molecular flexibility index (Phi) is 4.12. The molecule has 2 N–H and O–H groups in total. The number of carbonyl (C=O) groups is 1. The Balaban J connectivity index is 1.74. The molecule has 1 saturated heterocycles. The van der Waals surface area contributed by atoms with E-state index in [-0.39, 0.29) is 12.2 Å². The van der Waals surface area contributed by atoms with Crippen molar-refractivity contribution >= 4 is 5.97 Å². The first-order valence-corrected chi connectivity index (χ1v) is 5.95. The van der Waals surface area contributed by atoms with Crippen molar-refractivity contribution in [1.82, 2.24) is 0 Å². The van der Waals surface area contributed by atoms with Gasteiger partial charge in [-0.2, -0.15) is 0 Å². The summed E-state index contributed by atoms with van der Waals surface area (Å²) in [6, 6.07) is 9.87. The van der Waals surface area contributed by atoms with Crippen LogP contribution in [0.4, 0.5) is 0 Å². The van der Waals surface area contributed by atoms with E-state index in [9.17, 15) is 9.90 Å². The molecule has 4 heteroatoms. The zero-order valence-corrected chi connectivity index (χ0v) is 9.90. The lowest BCUT2D eigenvalue weighted by atomic mass is 10.0. The van der Waals surface area contributed by atoms with Gasteiger partial charge in [0.2, 0.25) is 0 Å². The van der Waals surface area contributed by atoms with E-state index in [0.29, 0.717) is 12.8 Å². The molecule has 1 aliphatic heterocycles. The highest BCUT2D eigenvalue weighted by atomic mass is 16.6. The molecule has 1 aromatic carbocycles. The highest BCUT2D eigenvalue weighted by molar-refractivity contribution is 5.79. The maximum atomic E-state index is 10.3. The summed E-state index contributed by atoms with van der Waals surface area (Å²) in [7, 11) is 0. The van der Waals surface area contributed by atoms with Crippen molar-refractivity contribution in [2.75, 3.05) is 0 Å². The number of aliphatic hydroxyl groups is 1. The standard InChI is InChI=1S/C14H16O4/c15-11(7-4-8-13(16)17)9-12-14(18-12)10-5-2-1-3-6-10/h1-6,8,11-12,14-15H,7,9H2,(H,16,17)/b8-4+. The minimum absolute atomic E-state index is 0.0422. The molecule has 1 heterocycles. The summed E-state index contributed by atoms with van der Waals surface area (Å²) in [6.45, 7) is 0. The third kappa shape index (κ3) is 3.68. The van der Waals surface area contributed by atoms with Gasteiger partial charge in [-0.15, -0.1) is 0 Å². The first-order valence-electron chi connectivity index (χ1n) is 5.95. The third-order valence-corrected chi connectivity index (χ3v) is 2.88. The van der Waals surface area contributed by atoms with E-state index in [4.69, 9.17) is 9.84 Å². The van der Waals surface area contributed by atoms with Crippen LogP contribution in [0.25, 0.3) is 0 Å². The molecular formula is C14H16O4. The summed E-state index contributed by atoms with van der Waals surface area (Å²) in [5.41, 5.74) is 1.12. The first-order chi connectivity index (χ1) is 8.66. The maximum Gasteiger partial charge on any atom is 0.327 e. The fourth-order valence-corrected chi connectivity index (χ4v) is 1.95. The number of epoxide rings is 1. The number of carboxylic acid groups (broad SMARTS) is 1. The van der Waals surface area contributed by atoms with Gasteiger partial charge in [0.15, 0.2) is 0 Å². The number of hydrogen-bond donors (Lipinski definition) is 2. The van der Waals surface area contributed by atoms with Gasteiger partial charge in [-0.25, -0.2) is 4.79 Å². The zero-order valence-electron chi connectivity index (χ0n) is 9.90. The van der Waals surface area contributed by atoms with Gasteiger partial charge in [0, 0.05) is 12.5 Å². The molecule has 0 amide bonds. The van der Waals surface area contributed by atoms with Crippen LogP contribution in [-0.2, 0) is 9.53 Å². The molecule has 96 valence electrons. The normalized spacial score (nSPS) is 24.1. The lowest BCUT2D eigenvalue weighted by Gasteiger charge is -2.04. The van der Waals surface area contributed by atoms with Crippen LogP contribution in [0.3, 0.4) is 0 Å². The summed E-state index contributed by atoms with van der Waals surface area (Å²) < 4.78 is 5.50. The van der Waals surface area contributed by atoms with Crippen LogP contribution in [0.5, 0.6) is 0 Å². The van der Waals surface area contributed by atoms with Gasteiger partial charge in [0.05, 0.1) is 12.2 Å². The minimum Gasteiger partial charge on any atom is -0.478 e. The van der Waals surface area contributed by atoms with Crippen molar-refractivity contribution in [3.8, 4) is 0 Å². The Bertz CT molecular complexity index is 427. The molecule has 0 spiro atoms. The Labute approximate surface area is 106 Å². The van der Waals surface area contributed by atoms with E-state index in [0.717, 1.165) is 11.6 Å². The van der Waals surface area contributed by atoms with Crippen molar-refractivity contribution in [1.29, 1.82) is 0 Å². The molecular weight excluding hydrogens is 232 g/mol. The van der Waals surface area contributed by atoms with E-state index in [1.807, 2.05) is 30.3 Å². The van der Waals surface area contributed by atoms with Gasteiger partial charge in [-0.1, -0.05) is 36.4 Å². The summed E-state index contributed by atoms with van der Waals surface area (Å²) >= 11 is 0. The van der Waals surface area contributed by atoms with Crippen LogP contribution in [0, 0.1) is 0 Å². The van der Waals surface area contributed by atoms with Crippen molar-refractivity contribution in [2.24, 2.45) is 0 Å². The minimum atomic E-state index is -0.993. The Morgan fingerprint density at radius 2 is 2.11 bits per heavy atom. The summed E-state index contributed by atoms with van der Waals surface area (Å²) in [6.07, 6.45) is 2.94. The number of aliphatic carboxylic acids is 1. The SMILES string of the molecule is O=C(O)/C=C/CC(O)CC1OC1c1ccccc1. The number of carboxylic acids is 1. The second kappa shape index (κ2) is 5.80. The van der Waals surface area contributed by atoms with Crippen LogP contribution in [0.2, 0.25) is 0 Å². The molecule has 0 aliphatic carbocycles. The van der Waals surface area contributed by atoms with Gasteiger partial charge in [-0.3, -0.25) is 0 Å². The van der Waals surface area contributed by atoms with E-state index < -0.39 is 12.1 Å². The highest BCUT2D eigenvalue weighted by Gasteiger charge is 2.40. The molecule has 0 bridgehead atoms. The van der Waals surface area contributed by atoms with Crippen molar-refractivity contribution in [3.63, 3.8) is 0 Å². The van der Waals surface area contributed by atoms with Crippen LogP contribution in [0.15, 0.2) is 42.5 Å². The predicted molar refractivity (Wildman–Crippen MR) is 66.1 cm³/mol. The number of benzene rings is 1. The molecule has 1 aliphatic rings. The number of ether oxygens (including phenoxy) is 1. The highest BCUT2D eigenvalue weighted by Crippen LogP contribution is 2.41. The maximum absolute atomic E-state index is 10.3. The second-order valence-electron chi connectivity index (χ2n) is 4.37. The van der Waals surface area contributed by atoms with Crippen LogP contribution in [-0.4, -0.2) is 28.4 Å². The lowest BCUT2D eigenvalue weighted by molar-refractivity contribution is -0.131. The van der Waals surface area contributed by atoms with E-state index in [1.54, 1.807) is 0 Å². The average Bonchev–Trinajstić information content (AvgIpc) is 3.09. The van der Waals surface area contributed by atoms with E-state index in [1.165, 1.54) is 6.08 Å². The monoisotopic (exact) mass is 248 g/mol. The molecule has 0 saturated carbocycles. The van der Waals surface area contributed by atoms with Crippen molar-refractivity contribution < 1.29 is 19.7 Å². The molecule has 18 heavy (non-hydrogen) atoms. The largest absolute Gasteiger partial charge is 0.478 e. The van der Waals surface area contributed by atoms with Gasteiger partial charge in [-0.05, 0) is 12.0 Å². The Morgan fingerprint density at radius 3 is 2.78 bits per heavy atom. The smallest absolute Gasteiger partial charge is 0.327 e. The number of rotatable bonds is 6. The predicted octanol–water partition coefficient (Wildman–Crippen LogP) is 1.91. The number of hydrogen-bond acceptors (Lipinski definition) is 3. The summed E-state index contributed by atoms with van der Waals surface area (Å²) in [5.74, 6) is -0.993. The molecule has 1 fully saturated rings. The first kappa shape index (κ1) is 12.8. The molecule has 0 radical (unpaired) electrons. The van der Waals surface area contributed by atoms with Crippen molar-refractivity contribution in [3.05, 3.63) is 48.0 Å². The molecule has 0 aromatic heterocycles. The van der Waals surface area contributed by atoms with Gasteiger partial charge in [0.1, 0.15) is 6.10 Å². The van der Waals surface area contributed by atoms with Crippen LogP contribution in [0.1, 0.15) is 24.5 Å². The zero-order chi connectivity index (χ0) is 13.0. The molecule has 3 atom stereocenters. The van der Waals surface area contributed by atoms with E-state index in [2.05, 4.69) is 0 Å². The summed E-state index contributed by atoms with van der Waals surface area (Å²) in [5, 5.41) is 18.1. The quantitative estimate of drug-likeness (QED) is 0.596. The number of aliphatic hydroxyl groups excluding tert-OH is 1. The average molecular weight is 248 g/mol. The van der Waals surface area contributed by atoms with Gasteiger partial charge < -0.3 is 14.9 Å². The molecule has 4 nitrogen and oxygen atoms in total. The molecule has 1 aromatic rings. The fraction of sp³-hybridized carbons (Fsp3) is 0.357. The fourth-order valence-electron chi connectivity index (χ4n) is 1.95.